The fourth-order valence-corrected chi connectivity index (χ4v) is 3.44. The summed E-state index contributed by atoms with van der Waals surface area (Å²) in [6.45, 7) is 4.57. The van der Waals surface area contributed by atoms with Crippen LogP contribution in [0.4, 0.5) is 8.78 Å². The van der Waals surface area contributed by atoms with E-state index < -0.39 is 31.0 Å². The zero-order chi connectivity index (χ0) is 19.6. The summed E-state index contributed by atoms with van der Waals surface area (Å²) in [4.78, 5) is 28.2. The molecule has 3 rings (SSSR count). The molecule has 1 N–H and O–H groups in total. The number of carbonyl (C=O) groups is 2. The average molecular weight is 381 g/mol. The fourth-order valence-electron chi connectivity index (χ4n) is 3.44. The van der Waals surface area contributed by atoms with Crippen LogP contribution >= 0.6 is 0 Å². The van der Waals surface area contributed by atoms with Gasteiger partial charge < -0.3 is 14.5 Å². The number of amides is 2. The third kappa shape index (κ3) is 4.55. The van der Waals surface area contributed by atoms with Gasteiger partial charge in [-0.1, -0.05) is 18.2 Å². The molecule has 1 aromatic carbocycles. The summed E-state index contributed by atoms with van der Waals surface area (Å²) in [5.74, 6) is -2.62. The Kier molecular flexibility index (Phi) is 5.64. The first kappa shape index (κ1) is 19.5. The summed E-state index contributed by atoms with van der Waals surface area (Å²) in [7, 11) is 0. The number of piperazine rings is 1. The lowest BCUT2D eigenvalue weighted by Gasteiger charge is -2.37. The van der Waals surface area contributed by atoms with E-state index in [0.29, 0.717) is 31.9 Å². The van der Waals surface area contributed by atoms with E-state index in [2.05, 4.69) is 5.32 Å². The maximum absolute atomic E-state index is 13.3. The predicted octanol–water partition coefficient (Wildman–Crippen LogP) is 1.43. The van der Waals surface area contributed by atoms with Gasteiger partial charge in [0.15, 0.2) is 6.10 Å². The van der Waals surface area contributed by atoms with Gasteiger partial charge in [-0.25, -0.2) is 8.78 Å². The van der Waals surface area contributed by atoms with Gasteiger partial charge in [-0.3, -0.25) is 14.9 Å². The third-order valence-electron chi connectivity index (χ3n) is 5.06. The lowest BCUT2D eigenvalue weighted by atomic mass is 10.1. The first-order chi connectivity index (χ1) is 12.8. The Morgan fingerprint density at radius 1 is 1.19 bits per heavy atom. The van der Waals surface area contributed by atoms with E-state index in [1.54, 1.807) is 16.7 Å². The lowest BCUT2D eigenvalue weighted by Crippen LogP contribution is -2.55. The maximum Gasteiger partial charge on any atom is 0.263 e. The van der Waals surface area contributed by atoms with Crippen molar-refractivity contribution in [3.63, 3.8) is 0 Å². The standard InChI is InChI=1S/C19H25F2N3O3/c1-13-5-3-4-6-16(13)27-14(2)17(25)23-7-9-24(10-8-23)18(26)15-11-19(20,21)12-22-15/h3-6,14-15,22H,7-12H2,1-2H3. The number of hydrogen-bond donors (Lipinski definition) is 1. The van der Waals surface area contributed by atoms with E-state index >= 15 is 0 Å². The van der Waals surface area contributed by atoms with Crippen molar-refractivity contribution >= 4 is 11.8 Å². The fraction of sp³-hybridized carbons (Fsp3) is 0.579. The minimum atomic E-state index is -2.83. The Balaban J connectivity index is 1.50. The molecule has 0 bridgehead atoms. The highest BCUT2D eigenvalue weighted by atomic mass is 19.3. The van der Waals surface area contributed by atoms with Crippen LogP contribution < -0.4 is 10.1 Å². The molecule has 0 saturated carbocycles. The van der Waals surface area contributed by atoms with Crippen LogP contribution in [0.5, 0.6) is 5.75 Å². The Morgan fingerprint density at radius 3 is 2.41 bits per heavy atom. The zero-order valence-electron chi connectivity index (χ0n) is 15.6. The number of nitrogens with zero attached hydrogens (tertiary/aromatic N) is 2. The minimum absolute atomic E-state index is 0.143. The molecule has 0 aliphatic carbocycles. The molecule has 6 nitrogen and oxygen atoms in total. The van der Waals surface area contributed by atoms with Gasteiger partial charge in [0.2, 0.25) is 5.91 Å². The molecule has 0 radical (unpaired) electrons. The number of rotatable bonds is 4. The number of aryl methyl sites for hydroxylation is 1. The second-order valence-electron chi connectivity index (χ2n) is 7.17. The molecule has 2 amide bonds. The quantitative estimate of drug-likeness (QED) is 0.857. The van der Waals surface area contributed by atoms with E-state index in [1.165, 1.54) is 0 Å². The molecule has 2 fully saturated rings. The highest BCUT2D eigenvalue weighted by Gasteiger charge is 2.44. The molecule has 0 aromatic heterocycles. The zero-order valence-corrected chi connectivity index (χ0v) is 15.6. The van der Waals surface area contributed by atoms with Crippen molar-refractivity contribution < 1.29 is 23.1 Å². The van der Waals surface area contributed by atoms with Crippen LogP contribution in [0, 0.1) is 6.92 Å². The topological polar surface area (TPSA) is 61.9 Å². The number of alkyl halides is 2. The van der Waals surface area contributed by atoms with Crippen LogP contribution in [-0.2, 0) is 9.59 Å². The van der Waals surface area contributed by atoms with Gasteiger partial charge in [0.25, 0.3) is 11.8 Å². The normalized spacial score (nSPS) is 23.2. The van der Waals surface area contributed by atoms with Crippen molar-refractivity contribution in [3.8, 4) is 5.75 Å². The van der Waals surface area contributed by atoms with Crippen LogP contribution in [-0.4, -0.2) is 72.4 Å². The summed E-state index contributed by atoms with van der Waals surface area (Å²) in [6.07, 6.45) is -1.10. The Morgan fingerprint density at radius 2 is 1.81 bits per heavy atom. The number of para-hydroxylation sites is 1. The molecule has 8 heteroatoms. The molecule has 2 unspecified atom stereocenters. The van der Waals surface area contributed by atoms with Gasteiger partial charge in [0.1, 0.15) is 5.75 Å². The molecule has 27 heavy (non-hydrogen) atoms. The molecule has 2 heterocycles. The van der Waals surface area contributed by atoms with E-state index in [1.807, 2.05) is 31.2 Å². The molecular weight excluding hydrogens is 356 g/mol. The minimum Gasteiger partial charge on any atom is -0.481 e. The summed E-state index contributed by atoms with van der Waals surface area (Å²) in [5.41, 5.74) is 0.952. The molecule has 2 aliphatic heterocycles. The van der Waals surface area contributed by atoms with Crippen molar-refractivity contribution in [1.29, 1.82) is 0 Å². The van der Waals surface area contributed by atoms with Crippen LogP contribution in [0.2, 0.25) is 0 Å². The number of hydrogen-bond acceptors (Lipinski definition) is 4. The predicted molar refractivity (Wildman–Crippen MR) is 95.8 cm³/mol. The number of benzene rings is 1. The van der Waals surface area contributed by atoms with Crippen LogP contribution in [0.15, 0.2) is 24.3 Å². The van der Waals surface area contributed by atoms with Crippen molar-refractivity contribution in [1.82, 2.24) is 15.1 Å². The molecule has 0 spiro atoms. The molecule has 148 valence electrons. The smallest absolute Gasteiger partial charge is 0.263 e. The Bertz CT molecular complexity index is 705. The van der Waals surface area contributed by atoms with Crippen LogP contribution in [0.3, 0.4) is 0 Å². The second-order valence-corrected chi connectivity index (χ2v) is 7.17. The number of carbonyl (C=O) groups excluding carboxylic acids is 2. The average Bonchev–Trinajstić information content (AvgIpc) is 3.02. The van der Waals surface area contributed by atoms with Gasteiger partial charge >= 0.3 is 0 Å². The van der Waals surface area contributed by atoms with Gasteiger partial charge in [-0.2, -0.15) is 0 Å². The lowest BCUT2D eigenvalue weighted by molar-refractivity contribution is -0.144. The second kappa shape index (κ2) is 7.80. The first-order valence-electron chi connectivity index (χ1n) is 9.18. The van der Waals surface area contributed by atoms with Crippen molar-refractivity contribution in [2.75, 3.05) is 32.7 Å². The highest BCUT2D eigenvalue weighted by molar-refractivity contribution is 5.84. The van der Waals surface area contributed by atoms with Gasteiger partial charge in [0.05, 0.1) is 12.6 Å². The largest absolute Gasteiger partial charge is 0.481 e. The Labute approximate surface area is 157 Å². The number of nitrogens with one attached hydrogen (secondary N) is 1. The van der Waals surface area contributed by atoms with Crippen LogP contribution in [0.1, 0.15) is 18.9 Å². The molecule has 2 atom stereocenters. The van der Waals surface area contributed by atoms with E-state index in [9.17, 15) is 18.4 Å². The molecule has 1 aromatic rings. The molecular formula is C19H25F2N3O3. The van der Waals surface area contributed by atoms with Gasteiger partial charge in [-0.15, -0.1) is 0 Å². The third-order valence-corrected chi connectivity index (χ3v) is 5.06. The SMILES string of the molecule is Cc1ccccc1OC(C)C(=O)N1CCN(C(=O)C2CC(F)(F)CN2)CC1. The number of halogens is 2. The van der Waals surface area contributed by atoms with Gasteiger partial charge in [-0.05, 0) is 25.5 Å². The maximum atomic E-state index is 13.3. The number of ether oxygens (including phenoxy) is 1. The summed E-state index contributed by atoms with van der Waals surface area (Å²) in [5, 5.41) is 2.59. The van der Waals surface area contributed by atoms with E-state index in [0.717, 1.165) is 5.56 Å². The molecule has 2 aliphatic rings. The molecule has 2 saturated heterocycles. The van der Waals surface area contributed by atoms with Crippen LogP contribution in [0.25, 0.3) is 0 Å². The first-order valence-corrected chi connectivity index (χ1v) is 9.18. The highest BCUT2D eigenvalue weighted by Crippen LogP contribution is 2.26. The monoisotopic (exact) mass is 381 g/mol. The summed E-state index contributed by atoms with van der Waals surface area (Å²) in [6, 6.07) is 6.65. The van der Waals surface area contributed by atoms with Crippen molar-refractivity contribution in [3.05, 3.63) is 29.8 Å². The van der Waals surface area contributed by atoms with E-state index in [-0.39, 0.29) is 11.8 Å². The van der Waals surface area contributed by atoms with Gasteiger partial charge in [0, 0.05) is 32.6 Å². The summed E-state index contributed by atoms with van der Waals surface area (Å²) >= 11 is 0. The Hall–Kier alpha value is -2.22. The van der Waals surface area contributed by atoms with Crippen molar-refractivity contribution in [2.45, 2.75) is 38.3 Å². The van der Waals surface area contributed by atoms with E-state index in [4.69, 9.17) is 4.74 Å². The van der Waals surface area contributed by atoms with Crippen molar-refractivity contribution in [2.24, 2.45) is 0 Å². The summed E-state index contributed by atoms with van der Waals surface area (Å²) < 4.78 is 32.3.